The smallest absolute Gasteiger partial charge is 0.206 e. The average molecular weight is 156 g/mol. The number of aromatic nitrogens is 1. The molecule has 1 heterocycles. The van der Waals surface area contributed by atoms with Gasteiger partial charge in [0.25, 0.3) is 0 Å². The summed E-state index contributed by atoms with van der Waals surface area (Å²) >= 11 is 5.44. The van der Waals surface area contributed by atoms with Crippen LogP contribution in [-0.2, 0) is 0 Å². The SMILES string of the molecule is C#Cc1ccc(F)nc1Cl. The summed E-state index contributed by atoms with van der Waals surface area (Å²) in [6, 6.07) is 2.58. The van der Waals surface area contributed by atoms with Gasteiger partial charge in [0.15, 0.2) is 0 Å². The highest BCUT2D eigenvalue weighted by Crippen LogP contribution is 2.10. The Morgan fingerprint density at radius 1 is 1.60 bits per heavy atom. The summed E-state index contributed by atoms with van der Waals surface area (Å²) in [5.74, 6) is 1.64. The maximum Gasteiger partial charge on any atom is 0.214 e. The Bertz CT molecular complexity index is 290. The molecule has 0 aliphatic heterocycles. The lowest BCUT2D eigenvalue weighted by Crippen LogP contribution is -1.85. The van der Waals surface area contributed by atoms with Crippen LogP contribution in [0.5, 0.6) is 0 Å². The summed E-state index contributed by atoms with van der Waals surface area (Å²) in [5, 5.41) is 0.0301. The van der Waals surface area contributed by atoms with Gasteiger partial charge in [0.2, 0.25) is 5.95 Å². The van der Waals surface area contributed by atoms with Gasteiger partial charge < -0.3 is 0 Å². The van der Waals surface area contributed by atoms with Crippen molar-refractivity contribution in [1.29, 1.82) is 0 Å². The lowest BCUT2D eigenvalue weighted by Gasteiger charge is -1.92. The number of nitrogens with zero attached hydrogens (tertiary/aromatic N) is 1. The molecule has 0 aliphatic carbocycles. The molecule has 0 saturated heterocycles. The predicted octanol–water partition coefficient (Wildman–Crippen LogP) is 1.86. The van der Waals surface area contributed by atoms with Crippen LogP contribution in [0.2, 0.25) is 5.15 Å². The van der Waals surface area contributed by atoms with Crippen LogP contribution >= 0.6 is 11.6 Å². The van der Waals surface area contributed by atoms with E-state index in [4.69, 9.17) is 18.0 Å². The highest BCUT2D eigenvalue weighted by Gasteiger charge is 1.98. The summed E-state index contributed by atoms with van der Waals surface area (Å²) in [5.41, 5.74) is 0.406. The van der Waals surface area contributed by atoms with E-state index in [9.17, 15) is 4.39 Å². The molecule has 0 atom stereocenters. The van der Waals surface area contributed by atoms with Crippen molar-refractivity contribution in [3.05, 3.63) is 28.8 Å². The van der Waals surface area contributed by atoms with E-state index in [-0.39, 0.29) is 5.15 Å². The van der Waals surface area contributed by atoms with E-state index in [0.717, 1.165) is 0 Å². The molecule has 0 aromatic carbocycles. The normalized spacial score (nSPS) is 8.90. The molecule has 3 heteroatoms. The van der Waals surface area contributed by atoms with Crippen molar-refractivity contribution < 1.29 is 4.39 Å². The molecule has 0 radical (unpaired) electrons. The monoisotopic (exact) mass is 155 g/mol. The Labute approximate surface area is 62.8 Å². The Kier molecular flexibility index (Phi) is 1.88. The zero-order valence-electron chi connectivity index (χ0n) is 4.94. The molecule has 0 spiro atoms. The second-order valence-corrected chi connectivity index (χ2v) is 1.97. The highest BCUT2D eigenvalue weighted by atomic mass is 35.5. The zero-order valence-corrected chi connectivity index (χ0v) is 5.69. The van der Waals surface area contributed by atoms with E-state index in [2.05, 4.69) is 10.9 Å². The summed E-state index contributed by atoms with van der Waals surface area (Å²) in [6.45, 7) is 0. The van der Waals surface area contributed by atoms with E-state index in [1.807, 2.05) is 0 Å². The van der Waals surface area contributed by atoms with Gasteiger partial charge >= 0.3 is 0 Å². The van der Waals surface area contributed by atoms with Gasteiger partial charge in [-0.05, 0) is 12.1 Å². The van der Waals surface area contributed by atoms with Gasteiger partial charge in [-0.3, -0.25) is 0 Å². The lowest BCUT2D eigenvalue weighted by atomic mass is 10.3. The minimum Gasteiger partial charge on any atom is -0.206 e. The van der Waals surface area contributed by atoms with Crippen molar-refractivity contribution in [3.63, 3.8) is 0 Å². The number of hydrogen-bond acceptors (Lipinski definition) is 1. The van der Waals surface area contributed by atoms with E-state index >= 15 is 0 Å². The fourth-order valence-electron chi connectivity index (χ4n) is 0.520. The maximum absolute atomic E-state index is 12.2. The molecule has 0 fully saturated rings. The number of halogens is 2. The molecule has 0 amide bonds. The van der Waals surface area contributed by atoms with Crippen LogP contribution in [0.4, 0.5) is 4.39 Å². The molecule has 0 bridgehead atoms. The van der Waals surface area contributed by atoms with E-state index in [1.165, 1.54) is 12.1 Å². The third-order valence-corrected chi connectivity index (χ3v) is 1.26. The van der Waals surface area contributed by atoms with Gasteiger partial charge in [-0.1, -0.05) is 17.5 Å². The predicted molar refractivity (Wildman–Crippen MR) is 37.1 cm³/mol. The quantitative estimate of drug-likeness (QED) is 0.412. The molecule has 1 nitrogen and oxygen atoms in total. The summed E-state index contributed by atoms with van der Waals surface area (Å²) in [7, 11) is 0. The molecule has 0 aliphatic rings. The molecular formula is C7H3ClFN. The topological polar surface area (TPSA) is 12.9 Å². The maximum atomic E-state index is 12.2. The Balaban J connectivity index is 3.23. The third kappa shape index (κ3) is 1.26. The van der Waals surface area contributed by atoms with Crippen molar-refractivity contribution in [2.45, 2.75) is 0 Å². The van der Waals surface area contributed by atoms with Crippen LogP contribution in [0, 0.1) is 18.3 Å². The van der Waals surface area contributed by atoms with Crippen LogP contribution in [0.15, 0.2) is 12.1 Å². The highest BCUT2D eigenvalue weighted by molar-refractivity contribution is 6.30. The van der Waals surface area contributed by atoms with Crippen LogP contribution in [0.1, 0.15) is 5.56 Å². The Morgan fingerprint density at radius 2 is 2.30 bits per heavy atom. The first-order valence-electron chi connectivity index (χ1n) is 2.52. The summed E-state index contributed by atoms with van der Waals surface area (Å²) in [4.78, 5) is 3.30. The van der Waals surface area contributed by atoms with Gasteiger partial charge in [0, 0.05) is 0 Å². The Hall–Kier alpha value is -1.07. The van der Waals surface area contributed by atoms with Gasteiger partial charge in [0.05, 0.1) is 5.56 Å². The fraction of sp³-hybridized carbons (Fsp3) is 0. The van der Waals surface area contributed by atoms with Crippen molar-refractivity contribution in [3.8, 4) is 12.3 Å². The van der Waals surface area contributed by atoms with Crippen molar-refractivity contribution in [1.82, 2.24) is 4.98 Å². The number of hydrogen-bond donors (Lipinski definition) is 0. The van der Waals surface area contributed by atoms with Crippen LogP contribution in [0.3, 0.4) is 0 Å². The van der Waals surface area contributed by atoms with Gasteiger partial charge in [-0.15, -0.1) is 6.42 Å². The van der Waals surface area contributed by atoms with Gasteiger partial charge in [-0.25, -0.2) is 4.98 Å². The molecule has 1 aromatic rings. The van der Waals surface area contributed by atoms with E-state index in [1.54, 1.807) is 0 Å². The number of terminal acetylenes is 1. The zero-order chi connectivity index (χ0) is 7.56. The molecule has 1 aromatic heterocycles. The molecular weight excluding hydrogens is 153 g/mol. The first kappa shape index (κ1) is 7.04. The molecule has 0 unspecified atom stereocenters. The summed E-state index contributed by atoms with van der Waals surface area (Å²) < 4.78 is 12.2. The van der Waals surface area contributed by atoms with Crippen LogP contribution in [-0.4, -0.2) is 4.98 Å². The summed E-state index contributed by atoms with van der Waals surface area (Å²) in [6.07, 6.45) is 5.00. The average Bonchev–Trinajstić information content (AvgIpc) is 1.88. The van der Waals surface area contributed by atoms with Crippen molar-refractivity contribution in [2.75, 3.05) is 0 Å². The molecule has 0 saturated carbocycles. The van der Waals surface area contributed by atoms with Crippen LogP contribution < -0.4 is 0 Å². The second kappa shape index (κ2) is 2.68. The van der Waals surface area contributed by atoms with Gasteiger partial charge in [0.1, 0.15) is 5.15 Å². The number of pyridine rings is 1. The van der Waals surface area contributed by atoms with E-state index in [0.29, 0.717) is 5.56 Å². The standard InChI is InChI=1S/C7H3ClFN/c1-2-5-3-4-6(9)10-7(5)8/h1,3-4H. The van der Waals surface area contributed by atoms with Crippen LogP contribution in [0.25, 0.3) is 0 Å². The minimum absolute atomic E-state index is 0.0301. The fourth-order valence-corrected chi connectivity index (χ4v) is 0.718. The van der Waals surface area contributed by atoms with Crippen molar-refractivity contribution in [2.24, 2.45) is 0 Å². The molecule has 0 N–H and O–H groups in total. The first-order valence-corrected chi connectivity index (χ1v) is 2.90. The molecule has 10 heavy (non-hydrogen) atoms. The van der Waals surface area contributed by atoms with Crippen molar-refractivity contribution >= 4 is 11.6 Å². The second-order valence-electron chi connectivity index (χ2n) is 1.62. The largest absolute Gasteiger partial charge is 0.214 e. The Morgan fingerprint density at radius 3 is 2.80 bits per heavy atom. The molecule has 1 rings (SSSR count). The van der Waals surface area contributed by atoms with E-state index < -0.39 is 5.95 Å². The number of rotatable bonds is 0. The third-order valence-electron chi connectivity index (χ3n) is 0.970. The lowest BCUT2D eigenvalue weighted by molar-refractivity contribution is 0.584. The molecule has 50 valence electrons. The first-order chi connectivity index (χ1) is 4.74. The van der Waals surface area contributed by atoms with Gasteiger partial charge in [-0.2, -0.15) is 4.39 Å². The minimum atomic E-state index is -0.621.